The standard InChI is InChI=1S/C8H7NO3.H3N/c9-7(10)5-2-1-3-6(4-5)8(11)12;/h1-4H,(H2,9,10)(H,11,12);1H3. The van der Waals surface area contributed by atoms with Gasteiger partial charge in [-0.1, -0.05) is 12.1 Å². The van der Waals surface area contributed by atoms with E-state index in [0.29, 0.717) is 0 Å². The largest absolute Gasteiger partial charge is 0.545 e. The summed E-state index contributed by atoms with van der Waals surface area (Å²) >= 11 is 0. The van der Waals surface area contributed by atoms with Crippen molar-refractivity contribution in [2.24, 2.45) is 5.73 Å². The van der Waals surface area contributed by atoms with Crippen LogP contribution in [-0.2, 0) is 0 Å². The second-order valence-corrected chi connectivity index (χ2v) is 2.23. The van der Waals surface area contributed by atoms with Gasteiger partial charge in [0.2, 0.25) is 5.91 Å². The van der Waals surface area contributed by atoms with Crippen LogP contribution in [0.25, 0.3) is 0 Å². The second kappa shape index (κ2) is 4.22. The predicted molar refractivity (Wildman–Crippen MR) is 45.3 cm³/mol. The first kappa shape index (κ1) is 11.1. The topological polar surface area (TPSA) is 120 Å². The molecular weight excluding hydrogens is 172 g/mol. The van der Waals surface area contributed by atoms with E-state index in [1.807, 2.05) is 0 Å². The lowest BCUT2D eigenvalue weighted by Gasteiger charge is -2.02. The first-order valence-corrected chi connectivity index (χ1v) is 3.22. The van der Waals surface area contributed by atoms with Gasteiger partial charge in [0.15, 0.2) is 0 Å². The third-order valence-electron chi connectivity index (χ3n) is 1.38. The van der Waals surface area contributed by atoms with Crippen LogP contribution in [0.5, 0.6) is 0 Å². The molecule has 6 N–H and O–H groups in total. The minimum Gasteiger partial charge on any atom is -0.545 e. The summed E-state index contributed by atoms with van der Waals surface area (Å²) in [7, 11) is 0. The Morgan fingerprint density at radius 3 is 2.23 bits per heavy atom. The van der Waals surface area contributed by atoms with Crippen LogP contribution >= 0.6 is 0 Å². The van der Waals surface area contributed by atoms with Crippen molar-refractivity contribution in [2.75, 3.05) is 0 Å². The fourth-order valence-electron chi connectivity index (χ4n) is 0.799. The van der Waals surface area contributed by atoms with E-state index in [1.165, 1.54) is 24.3 Å². The van der Waals surface area contributed by atoms with E-state index < -0.39 is 11.9 Å². The number of carbonyl (C=O) groups is 2. The van der Waals surface area contributed by atoms with Gasteiger partial charge >= 0.3 is 0 Å². The van der Waals surface area contributed by atoms with Gasteiger partial charge < -0.3 is 21.8 Å². The number of carboxylic acids is 1. The molecule has 1 rings (SSSR count). The average molecular weight is 182 g/mol. The number of nitrogens with two attached hydrogens (primary N) is 1. The number of amides is 1. The maximum atomic E-state index is 10.6. The maximum absolute atomic E-state index is 10.6. The number of aromatic carboxylic acids is 1. The van der Waals surface area contributed by atoms with E-state index in [-0.39, 0.29) is 17.3 Å². The van der Waals surface area contributed by atoms with Crippen molar-refractivity contribution in [1.29, 1.82) is 0 Å². The van der Waals surface area contributed by atoms with Crippen molar-refractivity contribution in [3.63, 3.8) is 0 Å². The molecule has 0 saturated carbocycles. The lowest BCUT2D eigenvalue weighted by atomic mass is 10.1. The molecular formula is C8H10N2O3. The van der Waals surface area contributed by atoms with Gasteiger partial charge in [-0.2, -0.15) is 0 Å². The van der Waals surface area contributed by atoms with Crippen LogP contribution in [0.3, 0.4) is 0 Å². The van der Waals surface area contributed by atoms with Gasteiger partial charge in [-0.05, 0) is 17.7 Å². The zero-order chi connectivity index (χ0) is 9.14. The zero-order valence-electron chi connectivity index (χ0n) is 7.11. The Labute approximate surface area is 74.8 Å². The molecule has 1 amide bonds. The average Bonchev–Trinajstić information content (AvgIpc) is 2.04. The summed E-state index contributed by atoms with van der Waals surface area (Å²) in [4.78, 5) is 20.9. The number of rotatable bonds is 2. The molecule has 0 aliphatic rings. The van der Waals surface area contributed by atoms with Crippen LogP contribution in [0.15, 0.2) is 24.3 Å². The zero-order valence-corrected chi connectivity index (χ0v) is 7.11. The molecule has 0 radical (unpaired) electrons. The van der Waals surface area contributed by atoms with Crippen LogP contribution in [0.4, 0.5) is 0 Å². The number of carbonyl (C=O) groups excluding carboxylic acids is 2. The van der Waals surface area contributed by atoms with E-state index >= 15 is 0 Å². The molecule has 0 spiro atoms. The van der Waals surface area contributed by atoms with Crippen molar-refractivity contribution in [1.82, 2.24) is 6.15 Å². The van der Waals surface area contributed by atoms with Crippen LogP contribution in [0, 0.1) is 0 Å². The van der Waals surface area contributed by atoms with Crippen molar-refractivity contribution < 1.29 is 14.7 Å². The Morgan fingerprint density at radius 1 is 1.23 bits per heavy atom. The van der Waals surface area contributed by atoms with Crippen LogP contribution < -0.4 is 17.0 Å². The molecule has 0 saturated heterocycles. The highest BCUT2D eigenvalue weighted by molar-refractivity contribution is 5.95. The van der Waals surface area contributed by atoms with E-state index in [4.69, 9.17) is 5.73 Å². The summed E-state index contributed by atoms with van der Waals surface area (Å²) in [6.45, 7) is 0. The molecule has 0 atom stereocenters. The number of hydrogen-bond donors (Lipinski definition) is 2. The highest BCUT2D eigenvalue weighted by Crippen LogP contribution is 2.02. The van der Waals surface area contributed by atoms with Crippen LogP contribution in [0.2, 0.25) is 0 Å². The van der Waals surface area contributed by atoms with Crippen molar-refractivity contribution in [2.45, 2.75) is 0 Å². The quantitative estimate of drug-likeness (QED) is 0.642. The Bertz CT molecular complexity index is 307. The monoisotopic (exact) mass is 182 g/mol. The fourth-order valence-corrected chi connectivity index (χ4v) is 0.799. The van der Waals surface area contributed by atoms with Gasteiger partial charge in [0.05, 0.1) is 5.97 Å². The maximum Gasteiger partial charge on any atom is 0.248 e. The molecule has 0 aliphatic carbocycles. The van der Waals surface area contributed by atoms with Crippen molar-refractivity contribution in [3.05, 3.63) is 35.4 Å². The molecule has 1 aromatic carbocycles. The van der Waals surface area contributed by atoms with Gasteiger partial charge in [0, 0.05) is 5.56 Å². The third kappa shape index (κ3) is 2.57. The predicted octanol–water partition coefficient (Wildman–Crippen LogP) is -0.475. The van der Waals surface area contributed by atoms with Gasteiger partial charge in [0.1, 0.15) is 0 Å². The molecule has 0 bridgehead atoms. The summed E-state index contributed by atoms with van der Waals surface area (Å²) in [5, 5.41) is 10.3. The minimum absolute atomic E-state index is 0. The van der Waals surface area contributed by atoms with E-state index in [0.717, 1.165) is 0 Å². The smallest absolute Gasteiger partial charge is 0.248 e. The molecule has 0 heterocycles. The molecule has 5 heteroatoms. The van der Waals surface area contributed by atoms with Gasteiger partial charge in [-0.25, -0.2) is 0 Å². The highest BCUT2D eigenvalue weighted by atomic mass is 16.4. The molecule has 1 aromatic rings. The summed E-state index contributed by atoms with van der Waals surface area (Å²) in [5.74, 6) is -1.98. The fraction of sp³-hybridized carbons (Fsp3) is 0. The van der Waals surface area contributed by atoms with Crippen LogP contribution in [-0.4, -0.2) is 11.9 Å². The molecule has 0 aliphatic heterocycles. The van der Waals surface area contributed by atoms with Gasteiger partial charge in [-0.15, -0.1) is 0 Å². The third-order valence-corrected chi connectivity index (χ3v) is 1.38. The molecule has 0 aromatic heterocycles. The lowest BCUT2D eigenvalue weighted by Crippen LogP contribution is -2.23. The summed E-state index contributed by atoms with van der Waals surface area (Å²) in [6, 6.07) is 5.39. The molecule has 5 nitrogen and oxygen atoms in total. The first-order chi connectivity index (χ1) is 5.61. The highest BCUT2D eigenvalue weighted by Gasteiger charge is 2.00. The SMILES string of the molecule is NC(=O)c1cccc(C(=O)[O-])c1.[NH4+]. The second-order valence-electron chi connectivity index (χ2n) is 2.23. The Morgan fingerprint density at radius 2 is 1.77 bits per heavy atom. The summed E-state index contributed by atoms with van der Waals surface area (Å²) in [5.41, 5.74) is 5.04. The molecule has 0 unspecified atom stereocenters. The number of hydrogen-bond acceptors (Lipinski definition) is 3. The summed E-state index contributed by atoms with van der Waals surface area (Å²) in [6.07, 6.45) is 0. The van der Waals surface area contributed by atoms with Crippen molar-refractivity contribution >= 4 is 11.9 Å². The van der Waals surface area contributed by atoms with E-state index in [1.54, 1.807) is 0 Å². The number of primary amides is 1. The minimum atomic E-state index is -1.32. The van der Waals surface area contributed by atoms with E-state index in [9.17, 15) is 14.7 Å². The molecule has 0 fully saturated rings. The summed E-state index contributed by atoms with van der Waals surface area (Å²) < 4.78 is 0. The van der Waals surface area contributed by atoms with Crippen LogP contribution in [0.1, 0.15) is 20.7 Å². The first-order valence-electron chi connectivity index (χ1n) is 3.22. The normalized spacial score (nSPS) is 8.62. The Kier molecular flexibility index (Phi) is 3.61. The number of quaternary nitrogens is 1. The van der Waals surface area contributed by atoms with Crippen molar-refractivity contribution in [3.8, 4) is 0 Å². The lowest BCUT2D eigenvalue weighted by molar-refractivity contribution is -0.255. The Hall–Kier alpha value is -1.88. The van der Waals surface area contributed by atoms with Gasteiger partial charge in [0.25, 0.3) is 0 Å². The molecule has 70 valence electrons. The molecule has 13 heavy (non-hydrogen) atoms. The van der Waals surface area contributed by atoms with E-state index in [2.05, 4.69) is 0 Å². The number of benzene rings is 1. The Balaban J connectivity index is 0.00000144. The van der Waals surface area contributed by atoms with Gasteiger partial charge in [-0.3, -0.25) is 4.79 Å². The number of carboxylic acid groups (broad SMARTS) is 1.